The van der Waals surface area contributed by atoms with Gasteiger partial charge in [-0.15, -0.1) is 0 Å². The Hall–Kier alpha value is -3.78. The molecule has 0 aliphatic carbocycles. The molecule has 0 atom stereocenters. The van der Waals surface area contributed by atoms with Crippen LogP contribution in [-0.2, 0) is 0 Å². The third-order valence-corrected chi connectivity index (χ3v) is 5.36. The Morgan fingerprint density at radius 1 is 0.939 bits per heavy atom. The summed E-state index contributed by atoms with van der Waals surface area (Å²) < 4.78 is 28.6. The molecule has 0 fully saturated rings. The Balaban J connectivity index is 1.56. The second-order valence-corrected chi connectivity index (χ2v) is 7.86. The zero-order valence-electron chi connectivity index (χ0n) is 17.5. The van der Waals surface area contributed by atoms with Gasteiger partial charge in [-0.3, -0.25) is 14.6 Å². The van der Waals surface area contributed by atoms with Crippen LogP contribution in [0.1, 0.15) is 26.3 Å². The maximum atomic E-state index is 14.7. The highest BCUT2D eigenvalue weighted by atomic mass is 35.5. The molecule has 4 rings (SSSR count). The van der Waals surface area contributed by atoms with E-state index in [1.165, 1.54) is 18.2 Å². The summed E-state index contributed by atoms with van der Waals surface area (Å²) in [5, 5.41) is 5.61. The number of rotatable bonds is 5. The van der Waals surface area contributed by atoms with Crippen molar-refractivity contribution in [2.24, 2.45) is 4.99 Å². The van der Waals surface area contributed by atoms with Crippen LogP contribution in [0.25, 0.3) is 0 Å². The molecule has 0 saturated heterocycles. The number of nitrogens with zero attached hydrogens (tertiary/aromatic N) is 2. The molecule has 2 amide bonds. The molecule has 0 spiro atoms. The van der Waals surface area contributed by atoms with Crippen LogP contribution in [0, 0.1) is 11.6 Å². The molecule has 1 aliphatic heterocycles. The SMILES string of the molecule is CN1CCN=C1c1ccc(C(=O)Nc2ccc(F)cc2C(=O)Nc2ccc(Cl)cc2)c(F)c1. The molecular weight excluding hydrogens is 450 g/mol. The minimum Gasteiger partial charge on any atom is -0.358 e. The molecule has 33 heavy (non-hydrogen) atoms. The smallest absolute Gasteiger partial charge is 0.258 e. The molecule has 0 bridgehead atoms. The van der Waals surface area contributed by atoms with Gasteiger partial charge in [0, 0.05) is 29.9 Å². The fourth-order valence-corrected chi connectivity index (χ4v) is 3.54. The number of amidine groups is 1. The lowest BCUT2D eigenvalue weighted by Crippen LogP contribution is -2.24. The van der Waals surface area contributed by atoms with Gasteiger partial charge >= 0.3 is 0 Å². The van der Waals surface area contributed by atoms with Gasteiger partial charge in [0.2, 0.25) is 0 Å². The first-order valence-corrected chi connectivity index (χ1v) is 10.4. The Morgan fingerprint density at radius 3 is 2.33 bits per heavy atom. The van der Waals surface area contributed by atoms with Crippen molar-refractivity contribution < 1.29 is 18.4 Å². The fraction of sp³-hybridized carbons (Fsp3) is 0.125. The van der Waals surface area contributed by atoms with E-state index in [1.807, 2.05) is 11.9 Å². The van der Waals surface area contributed by atoms with Gasteiger partial charge in [-0.25, -0.2) is 8.78 Å². The van der Waals surface area contributed by atoms with Crippen LogP contribution in [0.4, 0.5) is 20.2 Å². The average molecular weight is 469 g/mol. The number of anilines is 2. The molecule has 1 aliphatic rings. The molecule has 0 saturated carbocycles. The average Bonchev–Trinajstić information content (AvgIpc) is 3.22. The number of benzene rings is 3. The van der Waals surface area contributed by atoms with Gasteiger partial charge in [0.25, 0.3) is 11.8 Å². The number of halogens is 3. The van der Waals surface area contributed by atoms with Gasteiger partial charge < -0.3 is 15.5 Å². The summed E-state index contributed by atoms with van der Waals surface area (Å²) in [6.07, 6.45) is 0. The van der Waals surface area contributed by atoms with Crippen molar-refractivity contribution in [3.63, 3.8) is 0 Å². The Morgan fingerprint density at radius 2 is 1.67 bits per heavy atom. The number of likely N-dealkylation sites (N-methyl/N-ethyl adjacent to an activating group) is 1. The van der Waals surface area contributed by atoms with Gasteiger partial charge in [-0.2, -0.15) is 0 Å². The predicted molar refractivity (Wildman–Crippen MR) is 124 cm³/mol. The highest BCUT2D eigenvalue weighted by Crippen LogP contribution is 2.22. The monoisotopic (exact) mass is 468 g/mol. The van der Waals surface area contributed by atoms with E-state index in [4.69, 9.17) is 11.6 Å². The zero-order valence-corrected chi connectivity index (χ0v) is 18.3. The summed E-state index contributed by atoms with van der Waals surface area (Å²) in [6.45, 7) is 1.37. The number of hydrogen-bond donors (Lipinski definition) is 2. The van der Waals surface area contributed by atoms with Crippen LogP contribution < -0.4 is 10.6 Å². The fourth-order valence-electron chi connectivity index (χ4n) is 3.42. The molecule has 0 aromatic heterocycles. The third-order valence-electron chi connectivity index (χ3n) is 5.11. The molecule has 0 unspecified atom stereocenters. The number of amides is 2. The first-order valence-electron chi connectivity index (χ1n) is 10.0. The van der Waals surface area contributed by atoms with Crippen molar-refractivity contribution in [1.82, 2.24) is 4.90 Å². The van der Waals surface area contributed by atoms with Crippen LogP contribution in [0.3, 0.4) is 0 Å². The predicted octanol–water partition coefficient (Wildman–Crippen LogP) is 4.81. The Labute approximate surface area is 193 Å². The normalized spacial score (nSPS) is 13.0. The molecule has 9 heteroatoms. The maximum absolute atomic E-state index is 14.7. The standard InChI is InChI=1S/C24H19ClF2N4O2/c1-31-11-10-28-22(31)14-2-8-18(20(27)12-14)23(32)30-21-9-5-16(26)13-19(21)24(33)29-17-6-3-15(25)4-7-17/h2-9,12-13H,10-11H2,1H3,(H,29,33)(H,30,32). The molecular formula is C24H19ClF2N4O2. The topological polar surface area (TPSA) is 73.8 Å². The van der Waals surface area contributed by atoms with E-state index in [1.54, 1.807) is 30.3 Å². The lowest BCUT2D eigenvalue weighted by atomic mass is 10.1. The van der Waals surface area contributed by atoms with Crippen molar-refractivity contribution in [3.8, 4) is 0 Å². The lowest BCUT2D eigenvalue weighted by Gasteiger charge is -2.15. The first-order chi connectivity index (χ1) is 15.8. The molecule has 6 nitrogen and oxygen atoms in total. The highest BCUT2D eigenvalue weighted by Gasteiger charge is 2.20. The quantitative estimate of drug-likeness (QED) is 0.564. The summed E-state index contributed by atoms with van der Waals surface area (Å²) in [6, 6.07) is 13.9. The third kappa shape index (κ3) is 5.01. The number of carbonyl (C=O) groups is 2. The number of aliphatic imine (C=N–C) groups is 1. The minimum absolute atomic E-state index is 0.0382. The lowest BCUT2D eigenvalue weighted by molar-refractivity contribution is 0.102. The van der Waals surface area contributed by atoms with Crippen molar-refractivity contribution in [2.75, 3.05) is 30.8 Å². The maximum Gasteiger partial charge on any atom is 0.258 e. The van der Waals surface area contributed by atoms with E-state index in [0.717, 1.165) is 18.7 Å². The summed E-state index contributed by atoms with van der Waals surface area (Å²) in [5.74, 6) is -2.16. The minimum atomic E-state index is -0.770. The Kier molecular flexibility index (Phi) is 6.37. The van der Waals surface area contributed by atoms with E-state index in [9.17, 15) is 18.4 Å². The van der Waals surface area contributed by atoms with Crippen molar-refractivity contribution in [3.05, 3.63) is 94.0 Å². The summed E-state index contributed by atoms with van der Waals surface area (Å²) in [5.41, 5.74) is 0.711. The van der Waals surface area contributed by atoms with Gasteiger partial charge in [0.05, 0.1) is 23.4 Å². The summed E-state index contributed by atoms with van der Waals surface area (Å²) in [7, 11) is 1.86. The summed E-state index contributed by atoms with van der Waals surface area (Å²) in [4.78, 5) is 31.7. The number of hydrogen-bond acceptors (Lipinski definition) is 4. The van der Waals surface area contributed by atoms with Gasteiger partial charge in [-0.1, -0.05) is 17.7 Å². The molecule has 2 N–H and O–H groups in total. The Bertz CT molecular complexity index is 1260. The highest BCUT2D eigenvalue weighted by molar-refractivity contribution is 6.30. The number of carbonyl (C=O) groups excluding carboxylic acids is 2. The largest absolute Gasteiger partial charge is 0.358 e. The van der Waals surface area contributed by atoms with Crippen LogP contribution in [-0.4, -0.2) is 42.7 Å². The van der Waals surface area contributed by atoms with E-state index in [-0.39, 0.29) is 16.8 Å². The van der Waals surface area contributed by atoms with Crippen LogP contribution >= 0.6 is 11.6 Å². The van der Waals surface area contributed by atoms with Gasteiger partial charge in [0.15, 0.2) is 0 Å². The van der Waals surface area contributed by atoms with Crippen molar-refractivity contribution in [1.29, 1.82) is 0 Å². The first kappa shape index (κ1) is 22.4. The molecule has 3 aromatic rings. The van der Waals surface area contributed by atoms with Gasteiger partial charge in [-0.05, 0) is 54.6 Å². The number of nitrogens with one attached hydrogen (secondary N) is 2. The van der Waals surface area contributed by atoms with Crippen LogP contribution in [0.5, 0.6) is 0 Å². The molecule has 168 valence electrons. The van der Waals surface area contributed by atoms with Crippen molar-refractivity contribution >= 4 is 40.6 Å². The van der Waals surface area contributed by atoms with E-state index >= 15 is 0 Å². The van der Waals surface area contributed by atoms with E-state index in [0.29, 0.717) is 28.7 Å². The zero-order chi connectivity index (χ0) is 23.5. The van der Waals surface area contributed by atoms with Crippen molar-refractivity contribution in [2.45, 2.75) is 0 Å². The molecule has 0 radical (unpaired) electrons. The molecule has 3 aromatic carbocycles. The summed E-state index contributed by atoms with van der Waals surface area (Å²) >= 11 is 5.84. The molecule has 1 heterocycles. The van der Waals surface area contributed by atoms with E-state index < -0.39 is 23.4 Å². The van der Waals surface area contributed by atoms with Crippen LogP contribution in [0.15, 0.2) is 65.7 Å². The van der Waals surface area contributed by atoms with Crippen LogP contribution in [0.2, 0.25) is 5.02 Å². The second-order valence-electron chi connectivity index (χ2n) is 7.43. The second kappa shape index (κ2) is 9.38. The van der Waals surface area contributed by atoms with E-state index in [2.05, 4.69) is 15.6 Å². The van der Waals surface area contributed by atoms with Gasteiger partial charge in [0.1, 0.15) is 17.5 Å².